The number of halogens is 1. The Morgan fingerprint density at radius 1 is 1.62 bits per heavy atom. The molecule has 0 aromatic carbocycles. The van der Waals surface area contributed by atoms with Crippen LogP contribution in [-0.2, 0) is 7.05 Å². The maximum Gasteiger partial charge on any atom is 0.228 e. The van der Waals surface area contributed by atoms with Crippen LogP contribution in [0.25, 0.3) is 0 Å². The third-order valence-electron chi connectivity index (χ3n) is 2.11. The molecule has 0 radical (unpaired) electrons. The van der Waals surface area contributed by atoms with Crippen molar-refractivity contribution in [3.05, 3.63) is 27.7 Å². The summed E-state index contributed by atoms with van der Waals surface area (Å²) < 4.78 is 1.69. The van der Waals surface area contributed by atoms with Gasteiger partial charge < -0.3 is 9.67 Å². The molecule has 0 amide bonds. The number of pyridine rings is 1. The minimum Gasteiger partial charge on any atom is -0.503 e. The highest BCUT2D eigenvalue weighted by Crippen LogP contribution is 2.19. The van der Waals surface area contributed by atoms with E-state index in [1.807, 2.05) is 0 Å². The smallest absolute Gasteiger partial charge is 0.228 e. The van der Waals surface area contributed by atoms with Gasteiger partial charge in [-0.25, -0.2) is 0 Å². The fourth-order valence-electron chi connectivity index (χ4n) is 1.12. The van der Waals surface area contributed by atoms with E-state index in [1.165, 1.54) is 0 Å². The molecule has 0 fully saturated rings. The molecule has 1 unspecified atom stereocenters. The molecule has 1 N–H and O–H groups in total. The maximum absolute atomic E-state index is 11.4. The topological polar surface area (TPSA) is 42.2 Å². The lowest BCUT2D eigenvalue weighted by Gasteiger charge is -2.10. The third-order valence-corrected chi connectivity index (χ3v) is 2.35. The van der Waals surface area contributed by atoms with E-state index in [9.17, 15) is 9.90 Å². The molecular weight excluding hydrogens is 190 g/mol. The highest BCUT2D eigenvalue weighted by Gasteiger charge is 2.13. The number of nitrogens with zero attached hydrogens (tertiary/aromatic N) is 1. The second-order valence-electron chi connectivity index (χ2n) is 3.07. The van der Waals surface area contributed by atoms with Crippen LogP contribution in [0, 0.1) is 6.92 Å². The number of alkyl halides is 1. The second kappa shape index (κ2) is 3.42. The van der Waals surface area contributed by atoms with Gasteiger partial charge in [0.1, 0.15) is 0 Å². The summed E-state index contributed by atoms with van der Waals surface area (Å²) in [5, 5.41) is 9.04. The second-order valence-corrected chi connectivity index (χ2v) is 3.73. The Morgan fingerprint density at radius 2 is 2.15 bits per heavy atom. The monoisotopic (exact) mass is 201 g/mol. The van der Waals surface area contributed by atoms with Gasteiger partial charge in [-0.2, -0.15) is 0 Å². The van der Waals surface area contributed by atoms with Crippen LogP contribution in [0.15, 0.2) is 11.0 Å². The van der Waals surface area contributed by atoms with Crippen molar-refractivity contribution in [3.8, 4) is 5.75 Å². The Morgan fingerprint density at radius 3 is 2.62 bits per heavy atom. The number of hydrogen-bond acceptors (Lipinski definition) is 2. The van der Waals surface area contributed by atoms with Crippen LogP contribution in [0.1, 0.15) is 23.6 Å². The van der Waals surface area contributed by atoms with Gasteiger partial charge in [-0.05, 0) is 13.8 Å². The molecule has 0 saturated heterocycles. The van der Waals surface area contributed by atoms with Crippen molar-refractivity contribution >= 4 is 11.6 Å². The van der Waals surface area contributed by atoms with Crippen LogP contribution >= 0.6 is 11.6 Å². The van der Waals surface area contributed by atoms with Crippen molar-refractivity contribution in [1.29, 1.82) is 0 Å². The molecule has 4 heteroatoms. The summed E-state index contributed by atoms with van der Waals surface area (Å²) in [4.78, 5) is 11.4. The summed E-state index contributed by atoms with van der Waals surface area (Å²) in [6.07, 6.45) is 1.65. The average Bonchev–Trinajstić information content (AvgIpc) is 2.07. The lowest BCUT2D eigenvalue weighted by Crippen LogP contribution is -2.14. The van der Waals surface area contributed by atoms with Gasteiger partial charge in [-0.1, -0.05) is 0 Å². The average molecular weight is 202 g/mol. The summed E-state index contributed by atoms with van der Waals surface area (Å²) in [5.74, 6) is -0.215. The van der Waals surface area contributed by atoms with E-state index in [4.69, 9.17) is 11.6 Å². The van der Waals surface area contributed by atoms with Gasteiger partial charge >= 0.3 is 0 Å². The number of hydrogen-bond donors (Lipinski definition) is 1. The molecule has 3 nitrogen and oxygen atoms in total. The van der Waals surface area contributed by atoms with E-state index in [2.05, 4.69) is 0 Å². The van der Waals surface area contributed by atoms with Crippen LogP contribution < -0.4 is 5.43 Å². The Hall–Kier alpha value is -0.960. The van der Waals surface area contributed by atoms with Crippen LogP contribution in [-0.4, -0.2) is 9.67 Å². The van der Waals surface area contributed by atoms with Crippen molar-refractivity contribution in [2.75, 3.05) is 0 Å². The summed E-state index contributed by atoms with van der Waals surface area (Å²) in [5.41, 5.74) is 0.594. The third kappa shape index (κ3) is 1.70. The first kappa shape index (κ1) is 10.1. The van der Waals surface area contributed by atoms with Gasteiger partial charge in [0.2, 0.25) is 5.43 Å². The minimum absolute atomic E-state index is 0.215. The molecule has 13 heavy (non-hydrogen) atoms. The van der Waals surface area contributed by atoms with Gasteiger partial charge in [0.05, 0.1) is 11.1 Å². The van der Waals surface area contributed by atoms with Crippen LogP contribution in [0.3, 0.4) is 0 Å². The van der Waals surface area contributed by atoms with Crippen molar-refractivity contribution in [2.24, 2.45) is 7.05 Å². The van der Waals surface area contributed by atoms with E-state index >= 15 is 0 Å². The summed E-state index contributed by atoms with van der Waals surface area (Å²) >= 11 is 5.78. The van der Waals surface area contributed by atoms with E-state index in [1.54, 1.807) is 31.7 Å². The molecule has 1 rings (SSSR count). The van der Waals surface area contributed by atoms with E-state index in [0.29, 0.717) is 11.3 Å². The highest BCUT2D eigenvalue weighted by molar-refractivity contribution is 6.20. The summed E-state index contributed by atoms with van der Waals surface area (Å²) in [6.45, 7) is 3.38. The first-order valence-electron chi connectivity index (χ1n) is 3.98. The fourth-order valence-corrected chi connectivity index (χ4v) is 1.27. The quantitative estimate of drug-likeness (QED) is 0.703. The molecular formula is C9H12ClNO2. The van der Waals surface area contributed by atoms with E-state index in [0.717, 1.165) is 0 Å². The molecule has 0 spiro atoms. The Balaban J connectivity index is 3.51. The van der Waals surface area contributed by atoms with Crippen molar-refractivity contribution in [2.45, 2.75) is 19.2 Å². The van der Waals surface area contributed by atoms with Crippen molar-refractivity contribution in [3.63, 3.8) is 0 Å². The standard InChI is InChI=1S/C9H12ClNO2/c1-5(10)7-4-11(3)6(2)8(12)9(7)13/h4-5,12H,1-3H3. The van der Waals surface area contributed by atoms with Gasteiger partial charge in [0.15, 0.2) is 5.75 Å². The van der Waals surface area contributed by atoms with Gasteiger partial charge in [-0.15, -0.1) is 11.6 Å². The predicted octanol–water partition coefficient (Wildman–Crippen LogP) is 1.70. The SMILES string of the molecule is Cc1c(O)c(=O)c(C(C)Cl)cn1C. The zero-order chi connectivity index (χ0) is 10.2. The largest absolute Gasteiger partial charge is 0.503 e. The Kier molecular flexibility index (Phi) is 2.66. The van der Waals surface area contributed by atoms with E-state index in [-0.39, 0.29) is 16.6 Å². The van der Waals surface area contributed by atoms with Crippen molar-refractivity contribution < 1.29 is 5.11 Å². The molecule has 1 heterocycles. The Bertz CT molecular complexity index is 382. The highest BCUT2D eigenvalue weighted by atomic mass is 35.5. The summed E-state index contributed by atoms with van der Waals surface area (Å²) in [7, 11) is 1.76. The first-order valence-corrected chi connectivity index (χ1v) is 4.42. The van der Waals surface area contributed by atoms with E-state index < -0.39 is 0 Å². The van der Waals surface area contributed by atoms with Crippen LogP contribution in [0.2, 0.25) is 0 Å². The predicted molar refractivity (Wildman–Crippen MR) is 52.4 cm³/mol. The number of aromatic nitrogens is 1. The molecule has 72 valence electrons. The molecule has 1 aromatic heterocycles. The number of aryl methyl sites for hydroxylation is 1. The Labute approximate surface area is 81.6 Å². The van der Waals surface area contributed by atoms with Crippen molar-refractivity contribution in [1.82, 2.24) is 4.57 Å². The van der Waals surface area contributed by atoms with Gasteiger partial charge in [-0.3, -0.25) is 4.79 Å². The van der Waals surface area contributed by atoms with Gasteiger partial charge in [0, 0.05) is 18.8 Å². The maximum atomic E-state index is 11.4. The number of aromatic hydroxyl groups is 1. The molecule has 0 aliphatic rings. The fraction of sp³-hybridized carbons (Fsp3) is 0.444. The van der Waals surface area contributed by atoms with Gasteiger partial charge in [0.25, 0.3) is 0 Å². The lowest BCUT2D eigenvalue weighted by atomic mass is 10.2. The summed E-state index contributed by atoms with van der Waals surface area (Å²) in [6, 6.07) is 0. The molecule has 0 aliphatic carbocycles. The normalized spacial score (nSPS) is 12.9. The minimum atomic E-state index is -0.384. The lowest BCUT2D eigenvalue weighted by molar-refractivity contribution is 0.455. The molecule has 1 aromatic rings. The molecule has 1 atom stereocenters. The molecule has 0 bridgehead atoms. The van der Waals surface area contributed by atoms with Crippen LogP contribution in [0.5, 0.6) is 5.75 Å². The van der Waals surface area contributed by atoms with Crippen LogP contribution in [0.4, 0.5) is 0 Å². The number of rotatable bonds is 1. The first-order chi connectivity index (χ1) is 5.95. The molecule has 0 saturated carbocycles. The molecule has 0 aliphatic heterocycles. The zero-order valence-electron chi connectivity index (χ0n) is 7.84. The zero-order valence-corrected chi connectivity index (χ0v) is 8.59.